The standard InChI is InChI=1S/C16H24N2O3S2/c1-13(2)7-8-22-12-15-5-3-14(4-6-15)9-18-10-16(11-19)17-23(18,20)21/h3-6,11,13,16-17H,7-10,12H2,1-2H3. The summed E-state index contributed by atoms with van der Waals surface area (Å²) < 4.78 is 27.4. The van der Waals surface area contributed by atoms with Crippen LogP contribution in [0.25, 0.3) is 0 Å². The molecule has 2 rings (SSSR count). The van der Waals surface area contributed by atoms with E-state index in [4.69, 9.17) is 0 Å². The van der Waals surface area contributed by atoms with E-state index in [1.165, 1.54) is 16.3 Å². The molecule has 1 saturated heterocycles. The molecule has 1 atom stereocenters. The van der Waals surface area contributed by atoms with Gasteiger partial charge in [0.05, 0.1) is 6.04 Å². The molecule has 1 aliphatic rings. The summed E-state index contributed by atoms with van der Waals surface area (Å²) in [4.78, 5) is 10.7. The van der Waals surface area contributed by atoms with E-state index in [0.717, 1.165) is 23.0 Å². The van der Waals surface area contributed by atoms with E-state index < -0.39 is 16.3 Å². The highest BCUT2D eigenvalue weighted by molar-refractivity contribution is 7.98. The molecular weight excluding hydrogens is 332 g/mol. The van der Waals surface area contributed by atoms with Crippen LogP contribution in [0.1, 0.15) is 31.4 Å². The number of carbonyl (C=O) groups excluding carboxylic acids is 1. The second kappa shape index (κ2) is 8.28. The molecule has 1 N–H and O–H groups in total. The van der Waals surface area contributed by atoms with Gasteiger partial charge in [0.25, 0.3) is 10.2 Å². The van der Waals surface area contributed by atoms with Crippen LogP contribution in [0.5, 0.6) is 0 Å². The molecule has 1 aliphatic heterocycles. The van der Waals surface area contributed by atoms with E-state index in [9.17, 15) is 13.2 Å². The summed E-state index contributed by atoms with van der Waals surface area (Å²) in [5.41, 5.74) is 2.17. The average Bonchev–Trinajstić information content (AvgIpc) is 2.79. The third kappa shape index (κ3) is 5.60. The lowest BCUT2D eigenvalue weighted by Gasteiger charge is -2.13. The summed E-state index contributed by atoms with van der Waals surface area (Å²) in [5, 5.41) is 0. The third-order valence-corrected chi connectivity index (χ3v) is 6.32. The molecule has 1 fully saturated rings. The summed E-state index contributed by atoms with van der Waals surface area (Å²) in [5.74, 6) is 2.87. The molecular formula is C16H24N2O3S2. The monoisotopic (exact) mass is 356 g/mol. The SMILES string of the molecule is CC(C)CCSCc1ccc(CN2CC(C=O)NS2(=O)=O)cc1. The summed E-state index contributed by atoms with van der Waals surface area (Å²) in [6.45, 7) is 4.94. The van der Waals surface area contributed by atoms with Crippen molar-refractivity contribution in [2.24, 2.45) is 5.92 Å². The Morgan fingerprint density at radius 1 is 1.30 bits per heavy atom. The topological polar surface area (TPSA) is 66.5 Å². The van der Waals surface area contributed by atoms with Gasteiger partial charge in [-0.15, -0.1) is 0 Å². The van der Waals surface area contributed by atoms with Crippen molar-refractivity contribution in [3.8, 4) is 0 Å². The highest BCUT2D eigenvalue weighted by Gasteiger charge is 2.34. The minimum absolute atomic E-state index is 0.193. The normalized spacial score (nSPS) is 20.9. The van der Waals surface area contributed by atoms with Crippen LogP contribution in [0.15, 0.2) is 24.3 Å². The van der Waals surface area contributed by atoms with Crippen LogP contribution < -0.4 is 4.72 Å². The number of benzene rings is 1. The molecule has 128 valence electrons. The lowest BCUT2D eigenvalue weighted by Crippen LogP contribution is -2.30. The zero-order valence-corrected chi connectivity index (χ0v) is 15.2. The van der Waals surface area contributed by atoms with Gasteiger partial charge in [-0.1, -0.05) is 38.1 Å². The second-order valence-electron chi connectivity index (χ2n) is 6.21. The van der Waals surface area contributed by atoms with Gasteiger partial charge in [-0.3, -0.25) is 0 Å². The van der Waals surface area contributed by atoms with Gasteiger partial charge in [0.15, 0.2) is 0 Å². The highest BCUT2D eigenvalue weighted by atomic mass is 32.2. The van der Waals surface area contributed by atoms with Crippen molar-refractivity contribution >= 4 is 28.3 Å². The fraction of sp³-hybridized carbons (Fsp3) is 0.562. The Bertz CT molecular complexity index is 615. The van der Waals surface area contributed by atoms with E-state index in [2.05, 4.69) is 18.6 Å². The van der Waals surface area contributed by atoms with Crippen molar-refractivity contribution in [2.45, 2.75) is 38.6 Å². The first-order valence-corrected chi connectivity index (χ1v) is 10.4. The van der Waals surface area contributed by atoms with Crippen molar-refractivity contribution < 1.29 is 13.2 Å². The molecule has 1 aromatic rings. The predicted octanol–water partition coefficient (Wildman–Crippen LogP) is 2.18. The fourth-order valence-electron chi connectivity index (χ4n) is 2.29. The van der Waals surface area contributed by atoms with Gasteiger partial charge in [-0.05, 0) is 29.2 Å². The Hall–Kier alpha value is -0.890. The van der Waals surface area contributed by atoms with Gasteiger partial charge in [-0.25, -0.2) is 0 Å². The number of nitrogens with one attached hydrogen (secondary N) is 1. The molecule has 0 spiro atoms. The van der Waals surface area contributed by atoms with Crippen LogP contribution in [-0.2, 0) is 27.3 Å². The Balaban J connectivity index is 1.86. The van der Waals surface area contributed by atoms with Crippen molar-refractivity contribution in [1.29, 1.82) is 0 Å². The van der Waals surface area contributed by atoms with Gasteiger partial charge in [0, 0.05) is 18.8 Å². The number of carbonyl (C=O) groups is 1. The molecule has 0 amide bonds. The highest BCUT2D eigenvalue weighted by Crippen LogP contribution is 2.18. The van der Waals surface area contributed by atoms with Crippen LogP contribution in [0, 0.1) is 5.92 Å². The number of nitrogens with zero attached hydrogens (tertiary/aromatic N) is 1. The molecule has 5 nitrogen and oxygen atoms in total. The molecule has 1 heterocycles. The smallest absolute Gasteiger partial charge is 0.280 e. The first kappa shape index (κ1) is 18.4. The number of rotatable bonds is 8. The first-order valence-electron chi connectivity index (χ1n) is 7.79. The number of aldehydes is 1. The summed E-state index contributed by atoms with van der Waals surface area (Å²) in [6, 6.07) is 7.37. The lowest BCUT2D eigenvalue weighted by atomic mass is 10.1. The summed E-state index contributed by atoms with van der Waals surface area (Å²) >= 11 is 1.92. The Morgan fingerprint density at radius 2 is 1.96 bits per heavy atom. The molecule has 7 heteroatoms. The zero-order valence-electron chi connectivity index (χ0n) is 13.6. The van der Waals surface area contributed by atoms with Gasteiger partial charge < -0.3 is 4.79 Å². The van der Waals surface area contributed by atoms with Crippen LogP contribution in [0.4, 0.5) is 0 Å². The average molecular weight is 357 g/mol. The van der Waals surface area contributed by atoms with Gasteiger partial charge in [0.1, 0.15) is 6.29 Å². The van der Waals surface area contributed by atoms with Crippen molar-refractivity contribution in [1.82, 2.24) is 9.03 Å². The minimum Gasteiger partial charge on any atom is -0.302 e. The van der Waals surface area contributed by atoms with Gasteiger partial charge >= 0.3 is 0 Å². The molecule has 0 radical (unpaired) electrons. The number of hydrogen-bond acceptors (Lipinski definition) is 4. The predicted molar refractivity (Wildman–Crippen MR) is 94.4 cm³/mol. The summed E-state index contributed by atoms with van der Waals surface area (Å²) in [7, 11) is -3.53. The van der Waals surface area contributed by atoms with Crippen LogP contribution >= 0.6 is 11.8 Å². The maximum atomic E-state index is 11.9. The lowest BCUT2D eigenvalue weighted by molar-refractivity contribution is -0.109. The zero-order chi connectivity index (χ0) is 16.9. The van der Waals surface area contributed by atoms with Crippen molar-refractivity contribution in [3.63, 3.8) is 0 Å². The van der Waals surface area contributed by atoms with Crippen molar-refractivity contribution in [3.05, 3.63) is 35.4 Å². The van der Waals surface area contributed by atoms with Gasteiger partial charge in [-0.2, -0.15) is 29.2 Å². The molecule has 0 aliphatic carbocycles. The Kier molecular flexibility index (Phi) is 6.64. The van der Waals surface area contributed by atoms with E-state index in [-0.39, 0.29) is 6.54 Å². The quantitative estimate of drug-likeness (QED) is 0.573. The molecule has 23 heavy (non-hydrogen) atoms. The van der Waals surface area contributed by atoms with Crippen molar-refractivity contribution in [2.75, 3.05) is 12.3 Å². The van der Waals surface area contributed by atoms with Crippen LogP contribution in [0.3, 0.4) is 0 Å². The maximum Gasteiger partial charge on any atom is 0.280 e. The summed E-state index contributed by atoms with van der Waals surface area (Å²) in [6.07, 6.45) is 1.86. The largest absolute Gasteiger partial charge is 0.302 e. The van der Waals surface area contributed by atoms with Crippen LogP contribution in [0.2, 0.25) is 0 Å². The Morgan fingerprint density at radius 3 is 2.52 bits per heavy atom. The Labute approximate surface area is 143 Å². The van der Waals surface area contributed by atoms with Crippen LogP contribution in [-0.4, -0.2) is 37.3 Å². The molecule has 0 bridgehead atoms. The number of hydrogen-bond donors (Lipinski definition) is 1. The van der Waals surface area contributed by atoms with E-state index >= 15 is 0 Å². The first-order chi connectivity index (χ1) is 10.9. The van der Waals surface area contributed by atoms with E-state index in [0.29, 0.717) is 12.8 Å². The van der Waals surface area contributed by atoms with E-state index in [1.54, 1.807) is 0 Å². The maximum absolute atomic E-state index is 11.9. The third-order valence-electron chi connectivity index (χ3n) is 3.69. The molecule has 1 unspecified atom stereocenters. The second-order valence-corrected chi connectivity index (χ2v) is 9.02. The molecule has 1 aromatic carbocycles. The molecule has 0 aromatic heterocycles. The fourth-order valence-corrected chi connectivity index (χ4v) is 4.84. The minimum atomic E-state index is -3.53. The van der Waals surface area contributed by atoms with E-state index in [1.807, 2.05) is 36.0 Å². The molecule has 0 saturated carbocycles. The van der Waals surface area contributed by atoms with Gasteiger partial charge in [0.2, 0.25) is 0 Å². The number of thioether (sulfide) groups is 1.